The molecule has 0 saturated heterocycles. The molecular weight excluding hydrogens is 200 g/mol. The molecule has 2 rings (SSSR count). The minimum absolute atomic E-state index is 0.443. The minimum atomic E-state index is 0.443. The van der Waals surface area contributed by atoms with Gasteiger partial charge in [-0.1, -0.05) is 13.0 Å². The molecule has 0 aliphatic carbocycles. The van der Waals surface area contributed by atoms with Crippen LogP contribution in [0.15, 0.2) is 30.7 Å². The van der Waals surface area contributed by atoms with Crippen LogP contribution in [-0.4, -0.2) is 15.0 Å². The zero-order chi connectivity index (χ0) is 11.4. The first-order valence-electron chi connectivity index (χ1n) is 5.28. The lowest BCUT2D eigenvalue weighted by molar-refractivity contribution is 0.976. The molecule has 82 valence electrons. The molecule has 0 spiro atoms. The van der Waals surface area contributed by atoms with E-state index in [0.717, 1.165) is 17.8 Å². The van der Waals surface area contributed by atoms with E-state index in [1.807, 2.05) is 12.3 Å². The number of anilines is 1. The fraction of sp³-hybridized carbons (Fsp3) is 0.250. The Morgan fingerprint density at radius 1 is 1.00 bits per heavy atom. The third kappa shape index (κ3) is 2.53. The first kappa shape index (κ1) is 10.5. The first-order valence-corrected chi connectivity index (χ1v) is 5.28. The van der Waals surface area contributed by atoms with Gasteiger partial charge in [0.2, 0.25) is 0 Å². The van der Waals surface area contributed by atoms with Gasteiger partial charge in [-0.05, 0) is 18.1 Å². The van der Waals surface area contributed by atoms with Crippen molar-refractivity contribution in [3.05, 3.63) is 47.7 Å². The lowest BCUT2D eigenvalue weighted by Crippen LogP contribution is -1.98. The number of aryl methyl sites for hydroxylation is 1. The quantitative estimate of drug-likeness (QED) is 0.843. The fourth-order valence-electron chi connectivity index (χ4n) is 1.41. The van der Waals surface area contributed by atoms with Crippen molar-refractivity contribution in [2.75, 3.05) is 5.73 Å². The van der Waals surface area contributed by atoms with E-state index < -0.39 is 0 Å². The van der Waals surface area contributed by atoms with Gasteiger partial charge in [0.1, 0.15) is 5.82 Å². The van der Waals surface area contributed by atoms with Gasteiger partial charge < -0.3 is 5.73 Å². The Morgan fingerprint density at radius 3 is 2.38 bits per heavy atom. The van der Waals surface area contributed by atoms with E-state index in [4.69, 9.17) is 5.73 Å². The minimum Gasteiger partial charge on any atom is -0.382 e. The van der Waals surface area contributed by atoms with Crippen molar-refractivity contribution in [1.82, 2.24) is 15.0 Å². The Kier molecular flexibility index (Phi) is 3.10. The van der Waals surface area contributed by atoms with E-state index in [2.05, 4.69) is 27.9 Å². The van der Waals surface area contributed by atoms with Crippen LogP contribution < -0.4 is 5.73 Å². The van der Waals surface area contributed by atoms with Crippen LogP contribution in [-0.2, 0) is 12.8 Å². The summed E-state index contributed by atoms with van der Waals surface area (Å²) in [4.78, 5) is 12.6. The molecule has 0 atom stereocenters. The number of aromatic nitrogens is 3. The zero-order valence-electron chi connectivity index (χ0n) is 9.22. The van der Waals surface area contributed by atoms with Crippen molar-refractivity contribution in [3.8, 4) is 0 Å². The molecule has 4 nitrogen and oxygen atoms in total. The third-order valence-corrected chi connectivity index (χ3v) is 2.38. The smallest absolute Gasteiger partial charge is 0.141 e. The zero-order valence-corrected chi connectivity index (χ0v) is 9.22. The summed E-state index contributed by atoms with van der Waals surface area (Å²) >= 11 is 0. The lowest BCUT2D eigenvalue weighted by Gasteiger charge is -2.01. The van der Waals surface area contributed by atoms with Gasteiger partial charge in [0.25, 0.3) is 0 Å². The summed E-state index contributed by atoms with van der Waals surface area (Å²) in [5.41, 5.74) is 8.59. The SMILES string of the molecule is CCc1ccc(Cc2cnc(N)cn2)nc1. The molecule has 2 N–H and O–H groups in total. The number of hydrogen-bond acceptors (Lipinski definition) is 4. The predicted octanol–water partition coefficient (Wildman–Crippen LogP) is 1.61. The summed E-state index contributed by atoms with van der Waals surface area (Å²) in [6.45, 7) is 2.11. The second kappa shape index (κ2) is 4.70. The molecule has 2 aromatic rings. The summed E-state index contributed by atoms with van der Waals surface area (Å²) in [7, 11) is 0. The standard InChI is InChI=1S/C12H14N4/c1-2-9-3-4-10(14-6-9)5-11-7-16-12(13)8-15-11/h3-4,6-8H,2,5H2,1H3,(H2,13,16). The second-order valence-corrected chi connectivity index (χ2v) is 3.62. The van der Waals surface area contributed by atoms with Crippen LogP contribution in [0.4, 0.5) is 5.82 Å². The van der Waals surface area contributed by atoms with Gasteiger partial charge >= 0.3 is 0 Å². The van der Waals surface area contributed by atoms with Crippen LogP contribution in [0.25, 0.3) is 0 Å². The maximum absolute atomic E-state index is 5.47. The maximum atomic E-state index is 5.47. The van der Waals surface area contributed by atoms with Crippen LogP contribution in [0.1, 0.15) is 23.9 Å². The van der Waals surface area contributed by atoms with Gasteiger partial charge in [-0.25, -0.2) is 4.98 Å². The molecule has 16 heavy (non-hydrogen) atoms. The molecule has 0 saturated carbocycles. The highest BCUT2D eigenvalue weighted by Gasteiger charge is 1.99. The van der Waals surface area contributed by atoms with E-state index >= 15 is 0 Å². The molecule has 2 heterocycles. The average molecular weight is 214 g/mol. The number of pyridine rings is 1. The topological polar surface area (TPSA) is 64.7 Å². The molecule has 0 bridgehead atoms. The van der Waals surface area contributed by atoms with Crippen LogP contribution in [0, 0.1) is 0 Å². The van der Waals surface area contributed by atoms with Gasteiger partial charge in [-0.3, -0.25) is 9.97 Å². The van der Waals surface area contributed by atoms with E-state index in [1.54, 1.807) is 12.4 Å². The van der Waals surface area contributed by atoms with Gasteiger partial charge in [-0.2, -0.15) is 0 Å². The van der Waals surface area contributed by atoms with Crippen molar-refractivity contribution < 1.29 is 0 Å². The predicted molar refractivity (Wildman–Crippen MR) is 62.9 cm³/mol. The number of nitrogen functional groups attached to an aromatic ring is 1. The number of nitrogens with zero attached hydrogens (tertiary/aromatic N) is 3. The Labute approximate surface area is 94.6 Å². The number of nitrogens with two attached hydrogens (primary N) is 1. The summed E-state index contributed by atoms with van der Waals surface area (Å²) in [5, 5.41) is 0. The van der Waals surface area contributed by atoms with Gasteiger partial charge in [0.05, 0.1) is 18.1 Å². The van der Waals surface area contributed by atoms with Crippen molar-refractivity contribution in [1.29, 1.82) is 0 Å². The molecule has 4 heteroatoms. The second-order valence-electron chi connectivity index (χ2n) is 3.62. The fourth-order valence-corrected chi connectivity index (χ4v) is 1.41. The summed E-state index contributed by atoms with van der Waals surface area (Å²) in [6.07, 6.45) is 6.85. The number of rotatable bonds is 3. The molecule has 0 aliphatic heterocycles. The molecule has 0 unspecified atom stereocenters. The summed E-state index contributed by atoms with van der Waals surface area (Å²) < 4.78 is 0. The Bertz CT molecular complexity index is 447. The van der Waals surface area contributed by atoms with E-state index in [-0.39, 0.29) is 0 Å². The highest BCUT2D eigenvalue weighted by Crippen LogP contribution is 2.06. The Hall–Kier alpha value is -1.97. The molecular formula is C12H14N4. The highest BCUT2D eigenvalue weighted by atomic mass is 14.9. The van der Waals surface area contributed by atoms with Crippen molar-refractivity contribution in [2.45, 2.75) is 19.8 Å². The van der Waals surface area contributed by atoms with Gasteiger partial charge in [-0.15, -0.1) is 0 Å². The first-order chi connectivity index (χ1) is 7.78. The maximum Gasteiger partial charge on any atom is 0.141 e. The van der Waals surface area contributed by atoms with E-state index in [1.165, 1.54) is 5.56 Å². The highest BCUT2D eigenvalue weighted by molar-refractivity contribution is 5.24. The molecule has 0 aliphatic rings. The average Bonchev–Trinajstić information content (AvgIpc) is 2.33. The molecule has 0 radical (unpaired) electrons. The van der Waals surface area contributed by atoms with Crippen molar-refractivity contribution in [2.24, 2.45) is 0 Å². The van der Waals surface area contributed by atoms with Gasteiger partial charge in [0, 0.05) is 18.3 Å². The molecule has 0 amide bonds. The van der Waals surface area contributed by atoms with Crippen molar-refractivity contribution in [3.63, 3.8) is 0 Å². The third-order valence-electron chi connectivity index (χ3n) is 2.38. The molecule has 0 fully saturated rings. The monoisotopic (exact) mass is 214 g/mol. The number of hydrogen-bond donors (Lipinski definition) is 1. The Morgan fingerprint density at radius 2 is 1.81 bits per heavy atom. The largest absolute Gasteiger partial charge is 0.382 e. The van der Waals surface area contributed by atoms with Crippen LogP contribution in [0.5, 0.6) is 0 Å². The van der Waals surface area contributed by atoms with Crippen LogP contribution >= 0.6 is 0 Å². The van der Waals surface area contributed by atoms with E-state index in [9.17, 15) is 0 Å². The summed E-state index contributed by atoms with van der Waals surface area (Å²) in [6, 6.07) is 4.12. The molecule has 0 aromatic carbocycles. The van der Waals surface area contributed by atoms with Crippen LogP contribution in [0.2, 0.25) is 0 Å². The molecule has 2 aromatic heterocycles. The Balaban J connectivity index is 2.11. The van der Waals surface area contributed by atoms with Crippen molar-refractivity contribution >= 4 is 5.82 Å². The lowest BCUT2D eigenvalue weighted by atomic mass is 10.2. The van der Waals surface area contributed by atoms with Gasteiger partial charge in [0.15, 0.2) is 0 Å². The normalized spacial score (nSPS) is 10.3. The van der Waals surface area contributed by atoms with E-state index in [0.29, 0.717) is 12.2 Å². The summed E-state index contributed by atoms with van der Waals surface area (Å²) in [5.74, 6) is 0.443. The van der Waals surface area contributed by atoms with Crippen LogP contribution in [0.3, 0.4) is 0 Å².